The van der Waals surface area contributed by atoms with Crippen molar-refractivity contribution in [3.63, 3.8) is 0 Å². The number of hydrogen-bond donors (Lipinski definition) is 1. The van der Waals surface area contributed by atoms with Crippen molar-refractivity contribution in [2.45, 2.75) is 25.8 Å². The zero-order valence-electron chi connectivity index (χ0n) is 9.31. The molecule has 0 aliphatic heterocycles. The quantitative estimate of drug-likeness (QED) is 0.816. The highest BCUT2D eigenvalue weighted by Gasteiger charge is 2.10. The molecule has 15 heavy (non-hydrogen) atoms. The first-order chi connectivity index (χ1) is 7.11. The Kier molecular flexibility index (Phi) is 4.31. The van der Waals surface area contributed by atoms with Crippen LogP contribution in [0, 0.1) is 0 Å². The van der Waals surface area contributed by atoms with Gasteiger partial charge in [0.15, 0.2) is 0 Å². The largest absolute Gasteiger partial charge is 0.328 e. The first-order valence-electron chi connectivity index (χ1n) is 5.18. The molecule has 0 aliphatic rings. The van der Waals surface area contributed by atoms with E-state index in [2.05, 4.69) is 0 Å². The van der Waals surface area contributed by atoms with E-state index in [1.54, 1.807) is 11.9 Å². The lowest BCUT2D eigenvalue weighted by molar-refractivity contribution is -0.118. The van der Waals surface area contributed by atoms with Crippen molar-refractivity contribution < 1.29 is 4.79 Å². The molecule has 3 nitrogen and oxygen atoms in total. The van der Waals surface area contributed by atoms with Gasteiger partial charge in [0.25, 0.3) is 0 Å². The van der Waals surface area contributed by atoms with E-state index in [1.165, 1.54) is 0 Å². The molecule has 0 aliphatic carbocycles. The molecule has 0 saturated heterocycles. The molecule has 1 rings (SSSR count). The van der Waals surface area contributed by atoms with E-state index in [4.69, 9.17) is 5.73 Å². The van der Waals surface area contributed by atoms with Gasteiger partial charge in [0.2, 0.25) is 5.91 Å². The van der Waals surface area contributed by atoms with Gasteiger partial charge in [-0.05, 0) is 25.5 Å². The van der Waals surface area contributed by atoms with Gasteiger partial charge in [0, 0.05) is 25.2 Å². The highest BCUT2D eigenvalue weighted by molar-refractivity contribution is 5.92. The van der Waals surface area contributed by atoms with Gasteiger partial charge in [-0.2, -0.15) is 0 Å². The smallest absolute Gasteiger partial charge is 0.226 e. The normalized spacial score (nSPS) is 12.2. The Morgan fingerprint density at radius 3 is 2.53 bits per heavy atom. The van der Waals surface area contributed by atoms with Gasteiger partial charge in [-0.1, -0.05) is 18.2 Å². The molecule has 82 valence electrons. The first-order valence-corrected chi connectivity index (χ1v) is 5.18. The summed E-state index contributed by atoms with van der Waals surface area (Å²) in [6.45, 7) is 1.91. The Morgan fingerprint density at radius 2 is 2.00 bits per heavy atom. The average Bonchev–Trinajstić information content (AvgIpc) is 2.26. The molecule has 1 aromatic carbocycles. The standard InChI is InChI=1S/C12H18N2O/c1-10(13)8-9-12(15)14(2)11-6-4-3-5-7-11/h3-7,10H,8-9,13H2,1-2H3. The summed E-state index contributed by atoms with van der Waals surface area (Å²) in [5.41, 5.74) is 6.53. The molecule has 0 radical (unpaired) electrons. The monoisotopic (exact) mass is 206 g/mol. The van der Waals surface area contributed by atoms with Crippen molar-refractivity contribution >= 4 is 11.6 Å². The molecule has 3 heteroatoms. The predicted molar refractivity (Wildman–Crippen MR) is 62.7 cm³/mol. The van der Waals surface area contributed by atoms with Crippen LogP contribution in [0.2, 0.25) is 0 Å². The lowest BCUT2D eigenvalue weighted by Gasteiger charge is -2.17. The highest BCUT2D eigenvalue weighted by atomic mass is 16.2. The number of benzene rings is 1. The van der Waals surface area contributed by atoms with Crippen molar-refractivity contribution in [3.8, 4) is 0 Å². The molecule has 0 spiro atoms. The third kappa shape index (κ3) is 3.72. The Balaban J connectivity index is 2.54. The first kappa shape index (κ1) is 11.7. The van der Waals surface area contributed by atoms with E-state index >= 15 is 0 Å². The van der Waals surface area contributed by atoms with Crippen LogP contribution >= 0.6 is 0 Å². The number of carbonyl (C=O) groups excluding carboxylic acids is 1. The molecule has 0 bridgehead atoms. The molecule has 0 heterocycles. The maximum Gasteiger partial charge on any atom is 0.226 e. The molecule has 0 saturated carbocycles. The van der Waals surface area contributed by atoms with Crippen LogP contribution in [0.1, 0.15) is 19.8 Å². The molecule has 1 atom stereocenters. The molecular formula is C12H18N2O. The topological polar surface area (TPSA) is 46.3 Å². The second kappa shape index (κ2) is 5.51. The third-order valence-corrected chi connectivity index (χ3v) is 2.33. The fourth-order valence-corrected chi connectivity index (χ4v) is 1.31. The van der Waals surface area contributed by atoms with E-state index in [1.807, 2.05) is 37.3 Å². The maximum absolute atomic E-state index is 11.7. The van der Waals surface area contributed by atoms with Crippen molar-refractivity contribution in [3.05, 3.63) is 30.3 Å². The number of anilines is 1. The van der Waals surface area contributed by atoms with Gasteiger partial charge in [0.05, 0.1) is 0 Å². The lowest BCUT2D eigenvalue weighted by atomic mass is 10.2. The van der Waals surface area contributed by atoms with Crippen molar-refractivity contribution in [1.82, 2.24) is 0 Å². The summed E-state index contributed by atoms with van der Waals surface area (Å²) in [5, 5.41) is 0. The molecule has 2 N–H and O–H groups in total. The van der Waals surface area contributed by atoms with E-state index in [-0.39, 0.29) is 11.9 Å². The van der Waals surface area contributed by atoms with Crippen molar-refractivity contribution in [2.75, 3.05) is 11.9 Å². The fraction of sp³-hybridized carbons (Fsp3) is 0.417. The molecule has 1 aromatic rings. The summed E-state index contributed by atoms with van der Waals surface area (Å²) in [6.07, 6.45) is 1.24. The van der Waals surface area contributed by atoms with Crippen LogP contribution in [0.5, 0.6) is 0 Å². The minimum atomic E-state index is 0.0816. The highest BCUT2D eigenvalue weighted by Crippen LogP contribution is 2.12. The second-order valence-corrected chi connectivity index (χ2v) is 3.80. The summed E-state index contributed by atoms with van der Waals surface area (Å²) in [4.78, 5) is 13.4. The number of amides is 1. The zero-order valence-corrected chi connectivity index (χ0v) is 9.31. The number of hydrogen-bond acceptors (Lipinski definition) is 2. The van der Waals surface area contributed by atoms with Gasteiger partial charge < -0.3 is 10.6 Å². The number of carbonyl (C=O) groups is 1. The summed E-state index contributed by atoms with van der Waals surface area (Å²) in [5.74, 6) is 0.110. The van der Waals surface area contributed by atoms with E-state index in [0.29, 0.717) is 6.42 Å². The van der Waals surface area contributed by atoms with Crippen LogP contribution in [0.4, 0.5) is 5.69 Å². The SMILES string of the molecule is CC(N)CCC(=O)N(C)c1ccccc1. The summed E-state index contributed by atoms with van der Waals surface area (Å²) >= 11 is 0. The summed E-state index contributed by atoms with van der Waals surface area (Å²) in [6, 6.07) is 9.70. The molecule has 1 unspecified atom stereocenters. The van der Waals surface area contributed by atoms with Gasteiger partial charge in [-0.15, -0.1) is 0 Å². The minimum Gasteiger partial charge on any atom is -0.328 e. The van der Waals surface area contributed by atoms with Gasteiger partial charge in [-0.3, -0.25) is 4.79 Å². The average molecular weight is 206 g/mol. The number of para-hydroxylation sites is 1. The van der Waals surface area contributed by atoms with Crippen molar-refractivity contribution in [2.24, 2.45) is 5.73 Å². The van der Waals surface area contributed by atoms with E-state index in [9.17, 15) is 4.79 Å². The third-order valence-electron chi connectivity index (χ3n) is 2.33. The van der Waals surface area contributed by atoms with Crippen LogP contribution in [-0.2, 0) is 4.79 Å². The van der Waals surface area contributed by atoms with Crippen LogP contribution < -0.4 is 10.6 Å². The Hall–Kier alpha value is -1.35. The van der Waals surface area contributed by atoms with Crippen LogP contribution in [-0.4, -0.2) is 19.0 Å². The number of nitrogens with zero attached hydrogens (tertiary/aromatic N) is 1. The van der Waals surface area contributed by atoms with Gasteiger partial charge >= 0.3 is 0 Å². The Labute approximate surface area is 90.9 Å². The molecule has 1 amide bonds. The Bertz CT molecular complexity index is 309. The van der Waals surface area contributed by atoms with Crippen LogP contribution in [0.25, 0.3) is 0 Å². The van der Waals surface area contributed by atoms with E-state index < -0.39 is 0 Å². The minimum absolute atomic E-state index is 0.0816. The van der Waals surface area contributed by atoms with Crippen LogP contribution in [0.15, 0.2) is 30.3 Å². The maximum atomic E-state index is 11.7. The molecule has 0 fully saturated rings. The Morgan fingerprint density at radius 1 is 1.40 bits per heavy atom. The van der Waals surface area contributed by atoms with Crippen LogP contribution in [0.3, 0.4) is 0 Å². The molecular weight excluding hydrogens is 188 g/mol. The van der Waals surface area contributed by atoms with Gasteiger partial charge in [-0.25, -0.2) is 0 Å². The summed E-state index contributed by atoms with van der Waals surface area (Å²) < 4.78 is 0. The second-order valence-electron chi connectivity index (χ2n) is 3.80. The lowest BCUT2D eigenvalue weighted by Crippen LogP contribution is -2.28. The summed E-state index contributed by atoms with van der Waals surface area (Å²) in [7, 11) is 1.79. The number of rotatable bonds is 4. The predicted octanol–water partition coefficient (Wildman–Crippen LogP) is 1.78. The van der Waals surface area contributed by atoms with E-state index in [0.717, 1.165) is 12.1 Å². The fourth-order valence-electron chi connectivity index (χ4n) is 1.31. The molecule has 0 aromatic heterocycles. The zero-order chi connectivity index (χ0) is 11.3. The number of nitrogens with two attached hydrogens (primary N) is 1. The van der Waals surface area contributed by atoms with Crippen molar-refractivity contribution in [1.29, 1.82) is 0 Å². The van der Waals surface area contributed by atoms with Gasteiger partial charge in [0.1, 0.15) is 0 Å².